The molecule has 1 unspecified atom stereocenters. The van der Waals surface area contributed by atoms with Crippen LogP contribution >= 0.6 is 27.7 Å². The van der Waals surface area contributed by atoms with Crippen molar-refractivity contribution in [1.82, 2.24) is 0 Å². The fourth-order valence-corrected chi connectivity index (χ4v) is 3.33. The average molecular weight is 354 g/mol. The Kier molecular flexibility index (Phi) is 5.64. The van der Waals surface area contributed by atoms with Crippen LogP contribution in [0.25, 0.3) is 0 Å². The minimum Gasteiger partial charge on any atom is -0.327 e. The average Bonchev–Trinajstić information content (AvgIpc) is 2.41. The van der Waals surface area contributed by atoms with Gasteiger partial charge in [-0.15, -0.1) is 11.8 Å². The lowest BCUT2D eigenvalue weighted by molar-refractivity contribution is 0.622. The molecule has 20 heavy (non-hydrogen) atoms. The minimum atomic E-state index is -0.221. The van der Waals surface area contributed by atoms with Crippen LogP contribution in [-0.2, 0) is 6.42 Å². The number of aryl methyl sites for hydroxylation is 1. The Morgan fingerprint density at radius 3 is 2.80 bits per heavy atom. The highest BCUT2D eigenvalue weighted by Gasteiger charge is 2.09. The number of benzene rings is 2. The van der Waals surface area contributed by atoms with Gasteiger partial charge in [-0.2, -0.15) is 0 Å². The van der Waals surface area contributed by atoms with Gasteiger partial charge in [0.15, 0.2) is 0 Å². The molecule has 0 fully saturated rings. The van der Waals surface area contributed by atoms with E-state index in [1.54, 1.807) is 23.9 Å². The second-order valence-electron chi connectivity index (χ2n) is 4.83. The lowest BCUT2D eigenvalue weighted by Gasteiger charge is -2.13. The lowest BCUT2D eigenvalue weighted by Crippen LogP contribution is -2.25. The fraction of sp³-hybridized carbons (Fsp3) is 0.250. The molecule has 0 radical (unpaired) electrons. The largest absolute Gasteiger partial charge is 0.327 e. The van der Waals surface area contributed by atoms with Crippen LogP contribution in [-0.4, -0.2) is 11.8 Å². The number of nitrogens with two attached hydrogens (primary N) is 1. The van der Waals surface area contributed by atoms with E-state index in [1.165, 1.54) is 16.5 Å². The molecule has 2 aromatic rings. The van der Waals surface area contributed by atoms with Crippen LogP contribution < -0.4 is 5.73 Å². The molecule has 2 aromatic carbocycles. The number of rotatable bonds is 5. The third-order valence-corrected chi connectivity index (χ3v) is 4.90. The van der Waals surface area contributed by atoms with Gasteiger partial charge < -0.3 is 5.73 Å². The van der Waals surface area contributed by atoms with Gasteiger partial charge in [0.05, 0.1) is 0 Å². The molecule has 0 heterocycles. The summed E-state index contributed by atoms with van der Waals surface area (Å²) >= 11 is 5.17. The van der Waals surface area contributed by atoms with E-state index in [0.717, 1.165) is 15.8 Å². The molecular weight excluding hydrogens is 337 g/mol. The van der Waals surface area contributed by atoms with Crippen molar-refractivity contribution in [3.05, 3.63) is 63.9 Å². The standard InChI is InChI=1S/C16H17BrFNS/c1-11-3-2-4-15(7-11)20-10-14(19)9-12-8-13(18)5-6-16(12)17/h2-8,14H,9-10,19H2,1H3. The SMILES string of the molecule is Cc1cccc(SCC(N)Cc2cc(F)ccc2Br)c1. The van der Waals surface area contributed by atoms with E-state index < -0.39 is 0 Å². The maximum Gasteiger partial charge on any atom is 0.123 e. The molecule has 0 bridgehead atoms. The molecule has 0 aromatic heterocycles. The predicted molar refractivity (Wildman–Crippen MR) is 87.7 cm³/mol. The summed E-state index contributed by atoms with van der Waals surface area (Å²) in [6, 6.07) is 13.1. The van der Waals surface area contributed by atoms with Crippen molar-refractivity contribution in [1.29, 1.82) is 0 Å². The summed E-state index contributed by atoms with van der Waals surface area (Å²) in [6.07, 6.45) is 0.664. The molecule has 2 N–H and O–H groups in total. The molecule has 106 valence electrons. The summed E-state index contributed by atoms with van der Waals surface area (Å²) < 4.78 is 14.1. The summed E-state index contributed by atoms with van der Waals surface area (Å²) in [6.45, 7) is 2.08. The van der Waals surface area contributed by atoms with Crippen LogP contribution in [0.3, 0.4) is 0 Å². The van der Waals surface area contributed by atoms with Gasteiger partial charge in [-0.1, -0.05) is 33.6 Å². The number of hydrogen-bond acceptors (Lipinski definition) is 2. The number of halogens is 2. The molecular formula is C16H17BrFNS. The van der Waals surface area contributed by atoms with Crippen LogP contribution in [0.15, 0.2) is 51.8 Å². The van der Waals surface area contributed by atoms with E-state index in [0.29, 0.717) is 6.42 Å². The molecule has 0 amide bonds. The van der Waals surface area contributed by atoms with Crippen molar-refractivity contribution < 1.29 is 4.39 Å². The Labute approximate surface area is 131 Å². The zero-order chi connectivity index (χ0) is 14.5. The molecule has 4 heteroatoms. The number of thioether (sulfide) groups is 1. The Balaban J connectivity index is 1.92. The van der Waals surface area contributed by atoms with E-state index >= 15 is 0 Å². The second-order valence-corrected chi connectivity index (χ2v) is 6.78. The summed E-state index contributed by atoms with van der Waals surface area (Å²) in [7, 11) is 0. The first-order valence-electron chi connectivity index (χ1n) is 6.43. The van der Waals surface area contributed by atoms with Crippen LogP contribution in [0.1, 0.15) is 11.1 Å². The van der Waals surface area contributed by atoms with Gasteiger partial charge in [0.1, 0.15) is 5.82 Å². The third kappa shape index (κ3) is 4.62. The van der Waals surface area contributed by atoms with Gasteiger partial charge in [0.25, 0.3) is 0 Å². The highest BCUT2D eigenvalue weighted by atomic mass is 79.9. The van der Waals surface area contributed by atoms with Crippen LogP contribution in [0.4, 0.5) is 4.39 Å². The third-order valence-electron chi connectivity index (χ3n) is 2.94. The van der Waals surface area contributed by atoms with Gasteiger partial charge in [-0.05, 0) is 49.2 Å². The normalized spacial score (nSPS) is 12.4. The Hall–Kier alpha value is -0.840. The number of hydrogen-bond donors (Lipinski definition) is 1. The first kappa shape index (κ1) is 15.5. The van der Waals surface area contributed by atoms with Crippen molar-refractivity contribution in [3.8, 4) is 0 Å². The molecule has 0 saturated heterocycles. The molecule has 0 aliphatic heterocycles. The highest BCUT2D eigenvalue weighted by Crippen LogP contribution is 2.23. The minimum absolute atomic E-state index is 0.00128. The van der Waals surface area contributed by atoms with Crippen LogP contribution in [0, 0.1) is 12.7 Å². The zero-order valence-electron chi connectivity index (χ0n) is 11.3. The molecule has 0 aliphatic rings. The van der Waals surface area contributed by atoms with E-state index in [1.807, 2.05) is 6.07 Å². The Morgan fingerprint density at radius 2 is 2.05 bits per heavy atom. The maximum atomic E-state index is 13.2. The topological polar surface area (TPSA) is 26.0 Å². The van der Waals surface area contributed by atoms with Crippen LogP contribution in [0.2, 0.25) is 0 Å². The van der Waals surface area contributed by atoms with Gasteiger partial charge >= 0.3 is 0 Å². The molecule has 2 rings (SSSR count). The highest BCUT2D eigenvalue weighted by molar-refractivity contribution is 9.10. The molecule has 1 atom stereocenters. The van der Waals surface area contributed by atoms with Crippen molar-refractivity contribution in [3.63, 3.8) is 0 Å². The predicted octanol–water partition coefficient (Wildman–Crippen LogP) is 4.56. The zero-order valence-corrected chi connectivity index (χ0v) is 13.7. The van der Waals surface area contributed by atoms with E-state index in [2.05, 4.69) is 41.1 Å². The maximum absolute atomic E-state index is 13.2. The van der Waals surface area contributed by atoms with Gasteiger partial charge in [0, 0.05) is 21.2 Å². The first-order chi connectivity index (χ1) is 9.54. The van der Waals surface area contributed by atoms with Crippen molar-refractivity contribution in [2.24, 2.45) is 5.73 Å². The van der Waals surface area contributed by atoms with Crippen molar-refractivity contribution in [2.45, 2.75) is 24.3 Å². The summed E-state index contributed by atoms with van der Waals surface area (Å²) in [5.41, 5.74) is 8.31. The van der Waals surface area contributed by atoms with Gasteiger partial charge in [-0.25, -0.2) is 4.39 Å². The van der Waals surface area contributed by atoms with Crippen molar-refractivity contribution in [2.75, 3.05) is 5.75 Å². The smallest absolute Gasteiger partial charge is 0.123 e. The van der Waals surface area contributed by atoms with E-state index in [4.69, 9.17) is 5.73 Å². The van der Waals surface area contributed by atoms with Gasteiger partial charge in [-0.3, -0.25) is 0 Å². The molecule has 0 saturated carbocycles. The van der Waals surface area contributed by atoms with E-state index in [-0.39, 0.29) is 11.9 Å². The lowest BCUT2D eigenvalue weighted by atomic mass is 10.1. The van der Waals surface area contributed by atoms with E-state index in [9.17, 15) is 4.39 Å². The fourth-order valence-electron chi connectivity index (χ4n) is 1.95. The first-order valence-corrected chi connectivity index (χ1v) is 8.21. The summed E-state index contributed by atoms with van der Waals surface area (Å²) in [4.78, 5) is 1.22. The molecule has 0 spiro atoms. The second kappa shape index (κ2) is 7.25. The van der Waals surface area contributed by atoms with Crippen LogP contribution in [0.5, 0.6) is 0 Å². The molecule has 0 aliphatic carbocycles. The molecule has 1 nitrogen and oxygen atoms in total. The quantitative estimate of drug-likeness (QED) is 0.797. The Bertz CT molecular complexity index is 588. The summed E-state index contributed by atoms with van der Waals surface area (Å²) in [5, 5.41) is 0. The monoisotopic (exact) mass is 353 g/mol. The van der Waals surface area contributed by atoms with Gasteiger partial charge in [0.2, 0.25) is 0 Å². The summed E-state index contributed by atoms with van der Waals surface area (Å²) in [5.74, 6) is 0.591. The Morgan fingerprint density at radius 1 is 1.25 bits per heavy atom. The van der Waals surface area contributed by atoms with Crippen molar-refractivity contribution >= 4 is 27.7 Å².